The molecule has 0 saturated heterocycles. The number of amides is 2. The summed E-state index contributed by atoms with van der Waals surface area (Å²) in [6.07, 6.45) is 3.22. The van der Waals surface area contributed by atoms with Crippen LogP contribution in [0.3, 0.4) is 0 Å². The monoisotopic (exact) mass is 454 g/mol. The van der Waals surface area contributed by atoms with Crippen molar-refractivity contribution >= 4 is 45.3 Å². The first kappa shape index (κ1) is 21.7. The molecule has 0 aliphatic carbocycles. The maximum atomic E-state index is 13.0. The SMILES string of the molecule is CCOC(=O)c1c(NC(=O)c2ccc3nccnc3c2)sc2c1CCN(C(=O)OCC)C2. The standard InChI is InChI=1S/C22H22N4O5S/c1-3-30-21(28)18-14-7-10-26(22(29)31-4-2)12-17(14)32-20(18)25-19(27)13-5-6-15-16(11-13)24-9-8-23-15/h5-6,8-9,11H,3-4,7,10,12H2,1-2H3,(H,25,27). The average molecular weight is 455 g/mol. The van der Waals surface area contributed by atoms with E-state index in [1.165, 1.54) is 11.3 Å². The van der Waals surface area contributed by atoms with Gasteiger partial charge < -0.3 is 19.7 Å². The van der Waals surface area contributed by atoms with Crippen molar-refractivity contribution in [1.82, 2.24) is 14.9 Å². The number of nitrogens with zero attached hydrogens (tertiary/aromatic N) is 3. The predicted octanol–water partition coefficient (Wildman–Crippen LogP) is 3.63. The van der Waals surface area contributed by atoms with Gasteiger partial charge in [0.05, 0.1) is 36.4 Å². The number of hydrogen-bond acceptors (Lipinski definition) is 8. The van der Waals surface area contributed by atoms with E-state index in [4.69, 9.17) is 9.47 Å². The molecule has 1 N–H and O–H groups in total. The minimum Gasteiger partial charge on any atom is -0.462 e. The highest BCUT2D eigenvalue weighted by molar-refractivity contribution is 7.17. The Labute approximate surface area is 188 Å². The van der Waals surface area contributed by atoms with Gasteiger partial charge in [-0.05, 0) is 44.0 Å². The topological polar surface area (TPSA) is 111 Å². The highest BCUT2D eigenvalue weighted by atomic mass is 32.1. The van der Waals surface area contributed by atoms with Gasteiger partial charge in [-0.15, -0.1) is 11.3 Å². The quantitative estimate of drug-likeness (QED) is 0.586. The highest BCUT2D eigenvalue weighted by Crippen LogP contribution is 2.38. The summed E-state index contributed by atoms with van der Waals surface area (Å²) >= 11 is 1.27. The Bertz CT molecular complexity index is 1190. The Morgan fingerprint density at radius 1 is 1.09 bits per heavy atom. The molecule has 3 aromatic rings. The minimum absolute atomic E-state index is 0.217. The number of benzene rings is 1. The molecule has 166 valence electrons. The molecular weight excluding hydrogens is 432 g/mol. The fraction of sp³-hybridized carbons (Fsp3) is 0.318. The lowest BCUT2D eigenvalue weighted by atomic mass is 10.0. The number of anilines is 1. The second kappa shape index (κ2) is 9.31. The molecule has 0 fully saturated rings. The molecule has 4 rings (SSSR count). The molecule has 32 heavy (non-hydrogen) atoms. The van der Waals surface area contributed by atoms with Crippen LogP contribution < -0.4 is 5.32 Å². The number of carbonyl (C=O) groups excluding carboxylic acids is 3. The third-order valence-electron chi connectivity index (χ3n) is 5.02. The van der Waals surface area contributed by atoms with Crippen LogP contribution in [0.25, 0.3) is 11.0 Å². The van der Waals surface area contributed by atoms with E-state index in [9.17, 15) is 14.4 Å². The molecule has 0 saturated carbocycles. The first-order valence-electron chi connectivity index (χ1n) is 10.3. The van der Waals surface area contributed by atoms with Crippen molar-refractivity contribution in [3.05, 3.63) is 52.2 Å². The van der Waals surface area contributed by atoms with E-state index in [0.29, 0.717) is 46.7 Å². The zero-order chi connectivity index (χ0) is 22.7. The van der Waals surface area contributed by atoms with E-state index in [2.05, 4.69) is 15.3 Å². The van der Waals surface area contributed by atoms with E-state index in [0.717, 1.165) is 10.4 Å². The van der Waals surface area contributed by atoms with E-state index >= 15 is 0 Å². The van der Waals surface area contributed by atoms with Crippen LogP contribution in [0, 0.1) is 0 Å². The molecule has 2 aromatic heterocycles. The molecule has 0 radical (unpaired) electrons. The van der Waals surface area contributed by atoms with Crippen LogP contribution in [0.2, 0.25) is 0 Å². The second-order valence-corrected chi connectivity index (χ2v) is 8.12. The molecule has 1 aromatic carbocycles. The van der Waals surface area contributed by atoms with Gasteiger partial charge in [0.15, 0.2) is 0 Å². The molecule has 9 nitrogen and oxygen atoms in total. The van der Waals surface area contributed by atoms with Crippen molar-refractivity contribution in [1.29, 1.82) is 0 Å². The molecule has 10 heteroatoms. The van der Waals surface area contributed by atoms with Crippen LogP contribution in [-0.4, -0.2) is 52.6 Å². The summed E-state index contributed by atoms with van der Waals surface area (Å²) in [6.45, 7) is 4.72. The number of fused-ring (bicyclic) bond motifs is 2. The van der Waals surface area contributed by atoms with Gasteiger partial charge in [-0.25, -0.2) is 9.59 Å². The summed E-state index contributed by atoms with van der Waals surface area (Å²) < 4.78 is 10.3. The van der Waals surface area contributed by atoms with E-state index in [1.54, 1.807) is 49.3 Å². The largest absolute Gasteiger partial charge is 0.462 e. The van der Waals surface area contributed by atoms with Crippen LogP contribution in [0.4, 0.5) is 9.80 Å². The minimum atomic E-state index is -0.491. The molecule has 0 spiro atoms. The van der Waals surface area contributed by atoms with Gasteiger partial charge in [-0.1, -0.05) is 0 Å². The van der Waals surface area contributed by atoms with Gasteiger partial charge in [-0.3, -0.25) is 14.8 Å². The lowest BCUT2D eigenvalue weighted by Crippen LogP contribution is -2.36. The van der Waals surface area contributed by atoms with Crippen molar-refractivity contribution in [3.8, 4) is 0 Å². The number of carbonyl (C=O) groups is 3. The number of ether oxygens (including phenoxy) is 2. The molecule has 0 unspecified atom stereocenters. The van der Waals surface area contributed by atoms with Crippen LogP contribution in [-0.2, 0) is 22.4 Å². The maximum absolute atomic E-state index is 13.0. The van der Waals surface area contributed by atoms with Crippen molar-refractivity contribution in [3.63, 3.8) is 0 Å². The Kier molecular flexibility index (Phi) is 6.31. The molecule has 1 aliphatic heterocycles. The van der Waals surface area contributed by atoms with Gasteiger partial charge >= 0.3 is 12.1 Å². The van der Waals surface area contributed by atoms with Crippen LogP contribution >= 0.6 is 11.3 Å². The number of esters is 1. The smallest absolute Gasteiger partial charge is 0.410 e. The van der Waals surface area contributed by atoms with Crippen molar-refractivity contribution in [2.24, 2.45) is 0 Å². The van der Waals surface area contributed by atoms with Gasteiger partial charge in [0.2, 0.25) is 0 Å². The first-order chi connectivity index (χ1) is 15.5. The molecule has 0 atom stereocenters. The average Bonchev–Trinajstić information content (AvgIpc) is 3.16. The lowest BCUT2D eigenvalue weighted by Gasteiger charge is -2.26. The van der Waals surface area contributed by atoms with Gasteiger partial charge in [0.1, 0.15) is 5.00 Å². The van der Waals surface area contributed by atoms with Gasteiger partial charge in [0, 0.05) is 29.4 Å². The van der Waals surface area contributed by atoms with Crippen molar-refractivity contribution in [2.45, 2.75) is 26.8 Å². The Hall–Kier alpha value is -3.53. The number of hydrogen-bond donors (Lipinski definition) is 1. The zero-order valence-corrected chi connectivity index (χ0v) is 18.5. The van der Waals surface area contributed by atoms with Crippen LogP contribution in [0.5, 0.6) is 0 Å². The Balaban J connectivity index is 1.64. The van der Waals surface area contributed by atoms with Crippen LogP contribution in [0.1, 0.15) is 45.0 Å². The third kappa shape index (κ3) is 4.26. The summed E-state index contributed by atoms with van der Waals surface area (Å²) in [7, 11) is 0. The zero-order valence-electron chi connectivity index (χ0n) is 17.7. The highest BCUT2D eigenvalue weighted by Gasteiger charge is 2.31. The van der Waals surface area contributed by atoms with Crippen molar-refractivity contribution < 1.29 is 23.9 Å². The molecular formula is C22H22N4O5S. The number of thiophene rings is 1. The van der Waals surface area contributed by atoms with Crippen molar-refractivity contribution in [2.75, 3.05) is 25.1 Å². The van der Waals surface area contributed by atoms with E-state index < -0.39 is 12.1 Å². The number of nitrogens with one attached hydrogen (secondary N) is 1. The molecule has 1 aliphatic rings. The van der Waals surface area contributed by atoms with E-state index in [1.807, 2.05) is 0 Å². The van der Waals surface area contributed by atoms with E-state index in [-0.39, 0.29) is 19.1 Å². The Morgan fingerprint density at radius 2 is 1.84 bits per heavy atom. The molecule has 2 amide bonds. The third-order valence-corrected chi connectivity index (χ3v) is 6.15. The maximum Gasteiger partial charge on any atom is 0.410 e. The molecule has 3 heterocycles. The summed E-state index contributed by atoms with van der Waals surface area (Å²) in [5.41, 5.74) is 2.83. The summed E-state index contributed by atoms with van der Waals surface area (Å²) in [5, 5.41) is 3.26. The number of aromatic nitrogens is 2. The lowest BCUT2D eigenvalue weighted by molar-refractivity contribution is 0.0526. The fourth-order valence-corrected chi connectivity index (χ4v) is 4.81. The summed E-state index contributed by atoms with van der Waals surface area (Å²) in [5.74, 6) is -0.863. The Morgan fingerprint density at radius 3 is 2.59 bits per heavy atom. The second-order valence-electron chi connectivity index (χ2n) is 7.01. The van der Waals surface area contributed by atoms with Gasteiger partial charge in [0.25, 0.3) is 5.91 Å². The number of rotatable bonds is 5. The summed E-state index contributed by atoms with van der Waals surface area (Å²) in [6, 6.07) is 5.03. The summed E-state index contributed by atoms with van der Waals surface area (Å²) in [4.78, 5) is 48.7. The van der Waals surface area contributed by atoms with Crippen LogP contribution in [0.15, 0.2) is 30.6 Å². The fourth-order valence-electron chi connectivity index (χ4n) is 3.56. The first-order valence-corrected chi connectivity index (χ1v) is 11.1. The predicted molar refractivity (Wildman–Crippen MR) is 119 cm³/mol. The van der Waals surface area contributed by atoms with Gasteiger partial charge in [-0.2, -0.15) is 0 Å². The molecule has 0 bridgehead atoms. The normalized spacial score (nSPS) is 12.9.